The summed E-state index contributed by atoms with van der Waals surface area (Å²) < 4.78 is 0. The van der Waals surface area contributed by atoms with Crippen LogP contribution >= 0.6 is 0 Å². The molecule has 104 valence electrons. The van der Waals surface area contributed by atoms with Crippen molar-refractivity contribution in [1.29, 1.82) is 0 Å². The van der Waals surface area contributed by atoms with E-state index in [2.05, 4.69) is 72.5 Å². The molecule has 1 aliphatic carbocycles. The third-order valence-corrected chi connectivity index (χ3v) is 4.34. The number of hydrogen-bond donors (Lipinski definition) is 0. The van der Waals surface area contributed by atoms with Gasteiger partial charge in [-0.2, -0.15) is 0 Å². The van der Waals surface area contributed by atoms with Crippen LogP contribution in [0.4, 0.5) is 11.4 Å². The minimum absolute atomic E-state index is 0.628. The summed E-state index contributed by atoms with van der Waals surface area (Å²) in [5, 5.41) is 0. The smallest absolute Gasteiger partial charge is 0.0413 e. The van der Waals surface area contributed by atoms with Gasteiger partial charge in [-0.1, -0.05) is 56.2 Å². The van der Waals surface area contributed by atoms with Gasteiger partial charge in [0.25, 0.3) is 0 Å². The van der Waals surface area contributed by atoms with Gasteiger partial charge in [-0.25, -0.2) is 0 Å². The first-order valence-corrected chi connectivity index (χ1v) is 7.74. The van der Waals surface area contributed by atoms with E-state index in [9.17, 15) is 0 Å². The van der Waals surface area contributed by atoms with E-state index in [0.717, 1.165) is 5.92 Å². The molecule has 0 spiro atoms. The molecule has 0 aromatic heterocycles. The van der Waals surface area contributed by atoms with Crippen LogP contribution in [0.1, 0.15) is 32.6 Å². The average Bonchev–Trinajstić information content (AvgIpc) is 2.50. The van der Waals surface area contributed by atoms with Crippen LogP contribution in [0.3, 0.4) is 0 Å². The van der Waals surface area contributed by atoms with Crippen molar-refractivity contribution in [2.45, 2.75) is 38.6 Å². The quantitative estimate of drug-likeness (QED) is 0.718. The van der Waals surface area contributed by atoms with E-state index in [1.54, 1.807) is 0 Å². The van der Waals surface area contributed by atoms with Crippen molar-refractivity contribution in [3.8, 4) is 0 Å². The van der Waals surface area contributed by atoms with Crippen molar-refractivity contribution in [3.05, 3.63) is 60.7 Å². The molecule has 1 aliphatic rings. The Morgan fingerprint density at radius 3 is 1.85 bits per heavy atom. The number of hydrogen-bond acceptors (Lipinski definition) is 1. The summed E-state index contributed by atoms with van der Waals surface area (Å²) >= 11 is 0. The highest BCUT2D eigenvalue weighted by Gasteiger charge is 2.25. The van der Waals surface area contributed by atoms with Crippen molar-refractivity contribution in [3.63, 3.8) is 0 Å². The second-order valence-electron chi connectivity index (χ2n) is 5.97. The third kappa shape index (κ3) is 2.87. The standard InChI is InChI=1S/C19H23N/c1-16-9-8-14-19(15-16)20(17-10-4-2-5-11-17)18-12-6-3-7-13-18/h2-7,10-13,16,19H,8-9,14-15H2,1H3. The highest BCUT2D eigenvalue weighted by Crippen LogP contribution is 2.35. The van der Waals surface area contributed by atoms with Gasteiger partial charge in [0.15, 0.2) is 0 Å². The summed E-state index contributed by atoms with van der Waals surface area (Å²) in [6.45, 7) is 2.39. The van der Waals surface area contributed by atoms with Crippen molar-refractivity contribution in [1.82, 2.24) is 0 Å². The molecule has 0 heterocycles. The van der Waals surface area contributed by atoms with E-state index < -0.39 is 0 Å². The van der Waals surface area contributed by atoms with Crippen LogP contribution in [0.5, 0.6) is 0 Å². The Bertz CT molecular complexity index is 480. The van der Waals surface area contributed by atoms with E-state index in [4.69, 9.17) is 0 Å². The average molecular weight is 265 g/mol. The lowest BCUT2D eigenvalue weighted by molar-refractivity contribution is 0.341. The van der Waals surface area contributed by atoms with Gasteiger partial charge in [0, 0.05) is 17.4 Å². The lowest BCUT2D eigenvalue weighted by Crippen LogP contribution is -2.35. The normalized spacial score (nSPS) is 22.4. The van der Waals surface area contributed by atoms with Crippen LogP contribution in [-0.2, 0) is 0 Å². The fourth-order valence-corrected chi connectivity index (χ4v) is 3.38. The molecule has 0 bridgehead atoms. The molecule has 0 saturated heterocycles. The molecule has 3 rings (SSSR count). The number of anilines is 2. The SMILES string of the molecule is CC1CCCC(N(c2ccccc2)c2ccccc2)C1. The van der Waals surface area contributed by atoms with Crippen LogP contribution in [-0.4, -0.2) is 6.04 Å². The Kier molecular flexibility index (Phi) is 4.05. The summed E-state index contributed by atoms with van der Waals surface area (Å²) in [6, 6.07) is 22.3. The number of rotatable bonds is 3. The second kappa shape index (κ2) is 6.13. The summed E-state index contributed by atoms with van der Waals surface area (Å²) in [7, 11) is 0. The van der Waals surface area contributed by atoms with E-state index >= 15 is 0 Å². The zero-order valence-electron chi connectivity index (χ0n) is 12.2. The Balaban J connectivity index is 1.95. The molecule has 2 aromatic rings. The van der Waals surface area contributed by atoms with Crippen LogP contribution in [0.25, 0.3) is 0 Å². The first kappa shape index (κ1) is 13.2. The molecule has 0 N–H and O–H groups in total. The van der Waals surface area contributed by atoms with Gasteiger partial charge in [0.05, 0.1) is 0 Å². The molecule has 1 fully saturated rings. The van der Waals surface area contributed by atoms with Crippen LogP contribution < -0.4 is 4.90 Å². The van der Waals surface area contributed by atoms with Crippen molar-refractivity contribution >= 4 is 11.4 Å². The Hall–Kier alpha value is -1.76. The van der Waals surface area contributed by atoms with Crippen molar-refractivity contribution < 1.29 is 0 Å². The first-order chi connectivity index (χ1) is 9.84. The van der Waals surface area contributed by atoms with E-state index in [-0.39, 0.29) is 0 Å². The lowest BCUT2D eigenvalue weighted by atomic mass is 9.85. The topological polar surface area (TPSA) is 3.24 Å². The van der Waals surface area contributed by atoms with Gasteiger partial charge < -0.3 is 4.90 Å². The summed E-state index contributed by atoms with van der Waals surface area (Å²) in [5.74, 6) is 0.837. The minimum Gasteiger partial charge on any atom is -0.338 e. The molecular weight excluding hydrogens is 242 g/mol. The minimum atomic E-state index is 0.628. The zero-order chi connectivity index (χ0) is 13.8. The molecule has 0 amide bonds. The Morgan fingerprint density at radius 2 is 1.35 bits per heavy atom. The molecule has 2 atom stereocenters. The molecule has 1 heteroatoms. The van der Waals surface area contributed by atoms with E-state index in [0.29, 0.717) is 6.04 Å². The Morgan fingerprint density at radius 1 is 0.800 bits per heavy atom. The molecule has 2 unspecified atom stereocenters. The second-order valence-corrected chi connectivity index (χ2v) is 5.97. The fourth-order valence-electron chi connectivity index (χ4n) is 3.38. The molecule has 1 nitrogen and oxygen atoms in total. The maximum absolute atomic E-state index is 2.54. The van der Waals surface area contributed by atoms with Gasteiger partial charge in [-0.3, -0.25) is 0 Å². The molecule has 0 aliphatic heterocycles. The van der Waals surface area contributed by atoms with Crippen molar-refractivity contribution in [2.75, 3.05) is 4.90 Å². The van der Waals surface area contributed by atoms with E-state index in [1.165, 1.54) is 37.1 Å². The van der Waals surface area contributed by atoms with Gasteiger partial charge >= 0.3 is 0 Å². The van der Waals surface area contributed by atoms with Gasteiger partial charge in [-0.15, -0.1) is 0 Å². The number of nitrogens with zero attached hydrogens (tertiary/aromatic N) is 1. The lowest BCUT2D eigenvalue weighted by Gasteiger charge is -2.38. The predicted octanol–water partition coefficient (Wildman–Crippen LogP) is 5.40. The monoisotopic (exact) mass is 265 g/mol. The number of para-hydroxylation sites is 2. The first-order valence-electron chi connectivity index (χ1n) is 7.74. The maximum atomic E-state index is 2.54. The third-order valence-electron chi connectivity index (χ3n) is 4.34. The molecular formula is C19H23N. The van der Waals surface area contributed by atoms with E-state index in [1.807, 2.05) is 0 Å². The highest BCUT2D eigenvalue weighted by atomic mass is 15.2. The maximum Gasteiger partial charge on any atom is 0.0413 e. The number of benzene rings is 2. The van der Waals surface area contributed by atoms with Crippen LogP contribution in [0, 0.1) is 5.92 Å². The van der Waals surface area contributed by atoms with Gasteiger partial charge in [-0.05, 0) is 43.0 Å². The van der Waals surface area contributed by atoms with Gasteiger partial charge in [0.2, 0.25) is 0 Å². The summed E-state index contributed by atoms with van der Waals surface area (Å²) in [6.07, 6.45) is 5.33. The molecule has 20 heavy (non-hydrogen) atoms. The Labute approximate surface area is 122 Å². The van der Waals surface area contributed by atoms with Crippen LogP contribution in [0.15, 0.2) is 60.7 Å². The predicted molar refractivity (Wildman–Crippen MR) is 86.4 cm³/mol. The highest BCUT2D eigenvalue weighted by molar-refractivity contribution is 5.64. The van der Waals surface area contributed by atoms with Crippen LogP contribution in [0.2, 0.25) is 0 Å². The van der Waals surface area contributed by atoms with Gasteiger partial charge in [0.1, 0.15) is 0 Å². The largest absolute Gasteiger partial charge is 0.338 e. The van der Waals surface area contributed by atoms with Crippen molar-refractivity contribution in [2.24, 2.45) is 5.92 Å². The summed E-state index contributed by atoms with van der Waals surface area (Å²) in [5.41, 5.74) is 2.63. The summed E-state index contributed by atoms with van der Waals surface area (Å²) in [4.78, 5) is 2.54. The molecule has 2 aromatic carbocycles. The molecule has 1 saturated carbocycles. The fraction of sp³-hybridized carbons (Fsp3) is 0.368. The molecule has 0 radical (unpaired) electrons. The zero-order valence-corrected chi connectivity index (χ0v) is 12.2.